The number of ether oxygens (including phenoxy) is 1. The average Bonchev–Trinajstić information content (AvgIpc) is 2.56. The number of esters is 1. The molecule has 108 valence electrons. The normalized spacial score (nSPS) is 10.7. The van der Waals surface area contributed by atoms with E-state index < -0.39 is 5.97 Å². The fourth-order valence-electron chi connectivity index (χ4n) is 1.61. The summed E-state index contributed by atoms with van der Waals surface area (Å²) >= 11 is 0. The molecule has 5 nitrogen and oxygen atoms in total. The zero-order chi connectivity index (χ0) is 15.8. The Hall–Kier alpha value is -3.26. The molecule has 1 aromatic heterocycles. The molecule has 0 N–H and O–H groups in total. The Bertz CT molecular complexity index is 739. The Morgan fingerprint density at radius 1 is 1.18 bits per heavy atom. The van der Waals surface area contributed by atoms with Crippen LogP contribution in [0.4, 0.5) is 0 Å². The molecular formula is C17H13N3O2. The number of nitriles is 1. The van der Waals surface area contributed by atoms with Gasteiger partial charge in [-0.25, -0.2) is 14.8 Å². The van der Waals surface area contributed by atoms with Gasteiger partial charge in [0.15, 0.2) is 11.6 Å². The lowest BCUT2D eigenvalue weighted by Gasteiger charge is -2.02. The zero-order valence-corrected chi connectivity index (χ0v) is 11.9. The lowest BCUT2D eigenvalue weighted by molar-refractivity contribution is -0.129. The molecule has 5 heteroatoms. The predicted molar refractivity (Wildman–Crippen MR) is 81.8 cm³/mol. The Morgan fingerprint density at radius 2 is 1.86 bits per heavy atom. The molecule has 2 aromatic rings. The first-order chi connectivity index (χ1) is 10.7. The highest BCUT2D eigenvalue weighted by molar-refractivity contribution is 5.84. The van der Waals surface area contributed by atoms with E-state index in [0.29, 0.717) is 11.4 Å². The number of carbonyl (C=O) groups excluding carboxylic acids is 1. The molecule has 0 fully saturated rings. The van der Waals surface area contributed by atoms with Crippen molar-refractivity contribution in [3.05, 3.63) is 66.5 Å². The van der Waals surface area contributed by atoms with Crippen molar-refractivity contribution in [1.82, 2.24) is 9.97 Å². The van der Waals surface area contributed by atoms with Crippen molar-refractivity contribution < 1.29 is 9.53 Å². The second kappa shape index (κ2) is 7.50. The summed E-state index contributed by atoms with van der Waals surface area (Å²) in [7, 11) is 0. The number of nitrogens with zero attached hydrogens (tertiary/aromatic N) is 3. The molecule has 1 heterocycles. The van der Waals surface area contributed by atoms with E-state index in [1.807, 2.05) is 13.0 Å². The van der Waals surface area contributed by atoms with Gasteiger partial charge in [-0.1, -0.05) is 18.2 Å². The van der Waals surface area contributed by atoms with Crippen molar-refractivity contribution in [2.45, 2.75) is 6.92 Å². The van der Waals surface area contributed by atoms with Crippen LogP contribution in [0.15, 0.2) is 61.0 Å². The number of aromatic nitrogens is 2. The second-order valence-electron chi connectivity index (χ2n) is 4.24. The standard InChI is InChI=1S/C17H13N3O2/c1-2-3-4-5-16(21)22-15-11-19-17(20-12-15)14-8-6-13(10-18)7-9-14/h2-9,11-12H,1H3/b3-2+,5-4+. The number of allylic oxidation sites excluding steroid dienone is 3. The maximum atomic E-state index is 11.5. The van der Waals surface area contributed by atoms with Crippen molar-refractivity contribution in [3.8, 4) is 23.2 Å². The van der Waals surface area contributed by atoms with Gasteiger partial charge in [0, 0.05) is 11.6 Å². The molecular weight excluding hydrogens is 278 g/mol. The van der Waals surface area contributed by atoms with Gasteiger partial charge >= 0.3 is 5.97 Å². The van der Waals surface area contributed by atoms with Crippen LogP contribution in [0.5, 0.6) is 5.75 Å². The van der Waals surface area contributed by atoms with Crippen molar-refractivity contribution >= 4 is 5.97 Å². The third kappa shape index (κ3) is 4.12. The number of hydrogen-bond acceptors (Lipinski definition) is 5. The Kier molecular flexibility index (Phi) is 5.16. The highest BCUT2D eigenvalue weighted by Crippen LogP contribution is 2.17. The minimum absolute atomic E-state index is 0.271. The van der Waals surface area contributed by atoms with E-state index in [4.69, 9.17) is 10.00 Å². The quantitative estimate of drug-likeness (QED) is 0.491. The lowest BCUT2D eigenvalue weighted by Crippen LogP contribution is -2.04. The predicted octanol–water partition coefficient (Wildman–Crippen LogP) is 3.05. The van der Waals surface area contributed by atoms with Gasteiger partial charge in [-0.3, -0.25) is 0 Å². The van der Waals surface area contributed by atoms with Crippen molar-refractivity contribution in [2.24, 2.45) is 0 Å². The summed E-state index contributed by atoms with van der Waals surface area (Å²) in [6, 6.07) is 8.96. The van der Waals surface area contributed by atoms with Crippen molar-refractivity contribution in [2.75, 3.05) is 0 Å². The molecule has 0 amide bonds. The maximum Gasteiger partial charge on any atom is 0.336 e. The summed E-state index contributed by atoms with van der Waals surface area (Å²) in [6.07, 6.45) is 9.30. The van der Waals surface area contributed by atoms with Crippen LogP contribution < -0.4 is 4.74 Å². The fourth-order valence-corrected chi connectivity index (χ4v) is 1.61. The fraction of sp³-hybridized carbons (Fsp3) is 0.0588. The molecule has 0 unspecified atom stereocenters. The Morgan fingerprint density at radius 3 is 2.45 bits per heavy atom. The highest BCUT2D eigenvalue weighted by atomic mass is 16.5. The minimum atomic E-state index is -0.493. The smallest absolute Gasteiger partial charge is 0.336 e. The third-order valence-electron chi connectivity index (χ3n) is 2.65. The van der Waals surface area contributed by atoms with E-state index in [1.165, 1.54) is 18.5 Å². The van der Waals surface area contributed by atoms with Crippen LogP contribution in [0.2, 0.25) is 0 Å². The van der Waals surface area contributed by atoms with Crippen LogP contribution >= 0.6 is 0 Å². The molecule has 0 radical (unpaired) electrons. The van der Waals surface area contributed by atoms with Gasteiger partial charge in [0.05, 0.1) is 24.0 Å². The highest BCUT2D eigenvalue weighted by Gasteiger charge is 2.04. The van der Waals surface area contributed by atoms with Crippen LogP contribution in [0, 0.1) is 11.3 Å². The van der Waals surface area contributed by atoms with Crippen LogP contribution in [0.1, 0.15) is 12.5 Å². The molecule has 0 atom stereocenters. The van der Waals surface area contributed by atoms with Crippen molar-refractivity contribution in [3.63, 3.8) is 0 Å². The summed E-state index contributed by atoms with van der Waals surface area (Å²) in [5, 5.41) is 8.76. The minimum Gasteiger partial charge on any atom is -0.420 e. The van der Waals surface area contributed by atoms with Gasteiger partial charge < -0.3 is 4.74 Å². The maximum absolute atomic E-state index is 11.5. The summed E-state index contributed by atoms with van der Waals surface area (Å²) in [5.41, 5.74) is 1.35. The number of benzene rings is 1. The van der Waals surface area contributed by atoms with Gasteiger partial charge in [-0.05, 0) is 31.2 Å². The van der Waals surface area contributed by atoms with Gasteiger partial charge in [0.1, 0.15) is 0 Å². The molecule has 0 saturated carbocycles. The zero-order valence-electron chi connectivity index (χ0n) is 11.9. The van der Waals surface area contributed by atoms with Crippen LogP contribution in [-0.4, -0.2) is 15.9 Å². The SMILES string of the molecule is C/C=C/C=C/C(=O)Oc1cnc(-c2ccc(C#N)cc2)nc1. The first-order valence-electron chi connectivity index (χ1n) is 6.56. The topological polar surface area (TPSA) is 75.9 Å². The Balaban J connectivity index is 2.06. The molecule has 0 spiro atoms. The van der Waals surface area contributed by atoms with Gasteiger partial charge in [0.2, 0.25) is 0 Å². The molecule has 0 bridgehead atoms. The first-order valence-corrected chi connectivity index (χ1v) is 6.56. The molecule has 0 aliphatic heterocycles. The molecule has 22 heavy (non-hydrogen) atoms. The van der Waals surface area contributed by atoms with Crippen molar-refractivity contribution in [1.29, 1.82) is 5.26 Å². The monoisotopic (exact) mass is 291 g/mol. The second-order valence-corrected chi connectivity index (χ2v) is 4.24. The van der Waals surface area contributed by atoms with Gasteiger partial charge in [-0.2, -0.15) is 5.26 Å². The average molecular weight is 291 g/mol. The molecule has 0 aliphatic rings. The number of rotatable bonds is 4. The van der Waals surface area contributed by atoms with Crippen LogP contribution in [0.3, 0.4) is 0 Å². The number of hydrogen-bond donors (Lipinski definition) is 0. The van der Waals surface area contributed by atoms with E-state index in [1.54, 1.807) is 42.5 Å². The Labute approximate surface area is 128 Å². The summed E-state index contributed by atoms with van der Waals surface area (Å²) in [4.78, 5) is 19.8. The van der Waals surface area contributed by atoms with Gasteiger partial charge in [-0.15, -0.1) is 0 Å². The van der Waals surface area contributed by atoms with Gasteiger partial charge in [0.25, 0.3) is 0 Å². The molecule has 2 rings (SSSR count). The molecule has 0 saturated heterocycles. The third-order valence-corrected chi connectivity index (χ3v) is 2.65. The largest absolute Gasteiger partial charge is 0.420 e. The van der Waals surface area contributed by atoms with E-state index >= 15 is 0 Å². The lowest BCUT2D eigenvalue weighted by atomic mass is 10.1. The van der Waals surface area contributed by atoms with Crippen LogP contribution in [0.25, 0.3) is 11.4 Å². The van der Waals surface area contributed by atoms with E-state index in [-0.39, 0.29) is 5.75 Å². The molecule has 1 aromatic carbocycles. The summed E-state index contributed by atoms with van der Waals surface area (Å²) in [6.45, 7) is 1.85. The summed E-state index contributed by atoms with van der Waals surface area (Å²) < 4.78 is 5.06. The number of carbonyl (C=O) groups is 1. The first kappa shape index (κ1) is 15.1. The van der Waals surface area contributed by atoms with E-state index in [2.05, 4.69) is 9.97 Å². The van der Waals surface area contributed by atoms with E-state index in [9.17, 15) is 4.79 Å². The van der Waals surface area contributed by atoms with Crippen LogP contribution in [-0.2, 0) is 4.79 Å². The molecule has 0 aliphatic carbocycles. The van der Waals surface area contributed by atoms with E-state index in [0.717, 1.165) is 5.56 Å². The summed E-state index contributed by atoms with van der Waals surface area (Å²) in [5.74, 6) is 0.272.